The average Bonchev–Trinajstić information content (AvgIpc) is 3.07. The van der Waals surface area contributed by atoms with E-state index in [1.54, 1.807) is 0 Å². The fourth-order valence-corrected chi connectivity index (χ4v) is 3.90. The number of para-hydroxylation sites is 1. The Bertz CT molecular complexity index is 740. The van der Waals surface area contributed by atoms with Crippen LogP contribution in [0, 0.1) is 11.8 Å². The third kappa shape index (κ3) is 4.12. The highest BCUT2D eigenvalue weighted by molar-refractivity contribution is 5.76. The summed E-state index contributed by atoms with van der Waals surface area (Å²) in [4.78, 5) is 14.6. The van der Waals surface area contributed by atoms with Crippen LogP contribution in [0.15, 0.2) is 46.9 Å². The number of benzene rings is 1. The number of nitrogens with zero attached hydrogens (tertiary/aromatic N) is 1. The predicted molar refractivity (Wildman–Crippen MR) is 103 cm³/mol. The second-order valence-corrected chi connectivity index (χ2v) is 7.86. The largest absolute Gasteiger partial charge is 0.466 e. The van der Waals surface area contributed by atoms with Gasteiger partial charge in [-0.1, -0.05) is 25.1 Å². The minimum absolute atomic E-state index is 0.126. The van der Waals surface area contributed by atoms with Crippen LogP contribution < -0.4 is 10.2 Å². The molecule has 4 rings (SSSR count). The Morgan fingerprint density at radius 1 is 1.23 bits per heavy atom. The van der Waals surface area contributed by atoms with E-state index >= 15 is 0 Å². The van der Waals surface area contributed by atoms with Gasteiger partial charge in [-0.05, 0) is 48.9 Å². The van der Waals surface area contributed by atoms with Crippen LogP contribution in [0.2, 0.25) is 0 Å². The third-order valence-electron chi connectivity index (χ3n) is 5.75. The monoisotopic (exact) mass is 352 g/mol. The summed E-state index contributed by atoms with van der Waals surface area (Å²) in [5.41, 5.74) is 1.28. The van der Waals surface area contributed by atoms with Gasteiger partial charge in [0.1, 0.15) is 11.5 Å². The number of anilines is 1. The molecule has 4 nitrogen and oxygen atoms in total. The summed E-state index contributed by atoms with van der Waals surface area (Å²) >= 11 is 0. The van der Waals surface area contributed by atoms with Crippen molar-refractivity contribution in [1.29, 1.82) is 0 Å². The van der Waals surface area contributed by atoms with Gasteiger partial charge in [0.2, 0.25) is 5.91 Å². The molecule has 3 atom stereocenters. The van der Waals surface area contributed by atoms with E-state index in [0.29, 0.717) is 24.7 Å². The zero-order valence-electron chi connectivity index (χ0n) is 15.5. The zero-order valence-corrected chi connectivity index (χ0v) is 15.5. The van der Waals surface area contributed by atoms with Gasteiger partial charge in [0.15, 0.2) is 0 Å². The lowest BCUT2D eigenvalue weighted by Gasteiger charge is -2.18. The van der Waals surface area contributed by atoms with Crippen molar-refractivity contribution < 1.29 is 9.21 Å². The molecular formula is C22H28N2O2. The topological polar surface area (TPSA) is 45.5 Å². The fraction of sp³-hybridized carbons (Fsp3) is 0.500. The third-order valence-corrected chi connectivity index (χ3v) is 5.75. The lowest BCUT2D eigenvalue weighted by atomic mass is 10.1. The molecule has 2 heterocycles. The first-order valence-electron chi connectivity index (χ1n) is 9.84. The van der Waals surface area contributed by atoms with Crippen LogP contribution in [0.25, 0.3) is 0 Å². The number of furan rings is 1. The van der Waals surface area contributed by atoms with Crippen molar-refractivity contribution in [1.82, 2.24) is 5.32 Å². The van der Waals surface area contributed by atoms with Crippen molar-refractivity contribution in [2.75, 3.05) is 24.5 Å². The van der Waals surface area contributed by atoms with Crippen molar-refractivity contribution >= 4 is 11.6 Å². The summed E-state index contributed by atoms with van der Waals surface area (Å²) in [5.74, 6) is 4.04. The van der Waals surface area contributed by atoms with Crippen LogP contribution in [0.1, 0.15) is 43.6 Å². The number of nitrogens with one attached hydrogen (secondary N) is 1. The molecular weight excluding hydrogens is 324 g/mol. The summed E-state index contributed by atoms with van der Waals surface area (Å²) in [6, 6.07) is 14.6. The van der Waals surface area contributed by atoms with E-state index in [4.69, 9.17) is 4.42 Å². The molecule has 138 valence electrons. The normalized spacial score (nSPS) is 24.7. The van der Waals surface area contributed by atoms with Gasteiger partial charge in [0, 0.05) is 44.1 Å². The lowest BCUT2D eigenvalue weighted by molar-refractivity contribution is -0.121. The highest BCUT2D eigenvalue weighted by Crippen LogP contribution is 2.47. The van der Waals surface area contributed by atoms with Gasteiger partial charge in [0.05, 0.1) is 0 Å². The van der Waals surface area contributed by atoms with Gasteiger partial charge in [0.25, 0.3) is 0 Å². The van der Waals surface area contributed by atoms with E-state index in [9.17, 15) is 4.79 Å². The first-order chi connectivity index (χ1) is 12.7. The molecule has 0 spiro atoms. The van der Waals surface area contributed by atoms with Crippen molar-refractivity contribution in [3.63, 3.8) is 0 Å². The van der Waals surface area contributed by atoms with Crippen LogP contribution in [-0.4, -0.2) is 25.5 Å². The number of rotatable bonds is 7. The second-order valence-electron chi connectivity index (χ2n) is 7.86. The highest BCUT2D eigenvalue weighted by atomic mass is 16.3. The van der Waals surface area contributed by atoms with E-state index in [2.05, 4.69) is 47.5 Å². The molecule has 1 aromatic carbocycles. The molecule has 1 saturated heterocycles. The summed E-state index contributed by atoms with van der Waals surface area (Å²) in [5, 5.41) is 3.11. The maximum absolute atomic E-state index is 12.2. The van der Waals surface area contributed by atoms with Gasteiger partial charge in [-0.3, -0.25) is 4.79 Å². The van der Waals surface area contributed by atoms with Crippen LogP contribution in [0.3, 0.4) is 0 Å². The van der Waals surface area contributed by atoms with Crippen molar-refractivity contribution in [2.24, 2.45) is 11.8 Å². The predicted octanol–water partition coefficient (Wildman–Crippen LogP) is 3.98. The molecule has 0 bridgehead atoms. The average molecular weight is 352 g/mol. The Morgan fingerprint density at radius 3 is 2.81 bits per heavy atom. The van der Waals surface area contributed by atoms with Crippen LogP contribution in [0.4, 0.5) is 5.69 Å². The van der Waals surface area contributed by atoms with Gasteiger partial charge >= 0.3 is 0 Å². The lowest BCUT2D eigenvalue weighted by Crippen LogP contribution is -2.31. The van der Waals surface area contributed by atoms with Crippen LogP contribution in [0.5, 0.6) is 0 Å². The van der Waals surface area contributed by atoms with E-state index < -0.39 is 0 Å². The number of amides is 1. The summed E-state index contributed by atoms with van der Waals surface area (Å²) < 4.78 is 5.88. The first kappa shape index (κ1) is 17.2. The molecule has 3 unspecified atom stereocenters. The van der Waals surface area contributed by atoms with E-state index in [0.717, 1.165) is 43.5 Å². The van der Waals surface area contributed by atoms with Gasteiger partial charge in [-0.25, -0.2) is 0 Å². The molecule has 4 heteroatoms. The number of aryl methyl sites for hydroxylation is 1. The smallest absolute Gasteiger partial charge is 0.220 e. The standard InChI is InChI=1S/C22H28N2O2/c1-16-13-20(16)21-9-7-19(26-21)8-10-22(25)23-14-17-11-12-24(15-17)18-5-3-2-4-6-18/h2-7,9,16-17,20H,8,10-15H2,1H3,(H,23,25). The number of carbonyl (C=O) groups is 1. The van der Waals surface area contributed by atoms with Crippen molar-refractivity contribution in [3.8, 4) is 0 Å². The highest BCUT2D eigenvalue weighted by Gasteiger charge is 2.36. The van der Waals surface area contributed by atoms with Gasteiger partial charge in [-0.15, -0.1) is 0 Å². The number of hydrogen-bond acceptors (Lipinski definition) is 3. The molecule has 1 aliphatic carbocycles. The van der Waals surface area contributed by atoms with E-state index in [1.807, 2.05) is 12.1 Å². The summed E-state index contributed by atoms with van der Waals surface area (Å²) in [7, 11) is 0. The Kier molecular flexibility index (Phi) is 5.00. The van der Waals surface area contributed by atoms with E-state index in [-0.39, 0.29) is 5.91 Å². The number of hydrogen-bond donors (Lipinski definition) is 1. The summed E-state index contributed by atoms with van der Waals surface area (Å²) in [6.07, 6.45) is 3.56. The molecule has 1 aromatic heterocycles. The molecule has 2 aliphatic rings. The Labute approximate surface area is 155 Å². The maximum Gasteiger partial charge on any atom is 0.220 e. The molecule has 2 aromatic rings. The zero-order chi connectivity index (χ0) is 17.9. The van der Waals surface area contributed by atoms with Crippen LogP contribution in [-0.2, 0) is 11.2 Å². The van der Waals surface area contributed by atoms with Gasteiger partial charge < -0.3 is 14.6 Å². The quantitative estimate of drug-likeness (QED) is 0.820. The van der Waals surface area contributed by atoms with Crippen LogP contribution >= 0.6 is 0 Å². The Morgan fingerprint density at radius 2 is 2.04 bits per heavy atom. The minimum Gasteiger partial charge on any atom is -0.466 e. The molecule has 26 heavy (non-hydrogen) atoms. The minimum atomic E-state index is 0.126. The molecule has 0 radical (unpaired) electrons. The molecule has 1 saturated carbocycles. The van der Waals surface area contributed by atoms with Gasteiger partial charge in [-0.2, -0.15) is 0 Å². The first-order valence-corrected chi connectivity index (χ1v) is 9.84. The van der Waals surface area contributed by atoms with Crippen molar-refractivity contribution in [3.05, 3.63) is 54.0 Å². The molecule has 1 N–H and O–H groups in total. The maximum atomic E-state index is 12.2. The Hall–Kier alpha value is -2.23. The fourth-order valence-electron chi connectivity index (χ4n) is 3.90. The molecule has 2 fully saturated rings. The number of carbonyl (C=O) groups excluding carboxylic acids is 1. The second kappa shape index (κ2) is 7.56. The molecule has 1 aliphatic heterocycles. The summed E-state index contributed by atoms with van der Waals surface area (Å²) in [6.45, 7) is 5.11. The van der Waals surface area contributed by atoms with Crippen molar-refractivity contribution in [2.45, 2.75) is 38.5 Å². The SMILES string of the molecule is CC1CC1c1ccc(CCC(=O)NCC2CCN(c3ccccc3)C2)o1. The molecule has 1 amide bonds. The Balaban J connectivity index is 1.17. The van der Waals surface area contributed by atoms with E-state index in [1.165, 1.54) is 12.1 Å².